The fraction of sp³-hybridized carbons (Fsp3) is 0.900. The number of esters is 1. The van der Waals surface area contributed by atoms with Gasteiger partial charge in [0.25, 0.3) is 0 Å². The third-order valence-corrected chi connectivity index (χ3v) is 4.24. The number of carbonyl (C=O) groups is 1. The number of carbonyl (C=O) groups excluding carboxylic acids is 1. The maximum Gasteiger partial charge on any atom is 0.411 e. The van der Waals surface area contributed by atoms with Crippen LogP contribution in [0.25, 0.3) is 0 Å². The number of alkyl halides is 20. The van der Waals surface area contributed by atoms with Gasteiger partial charge >= 0.3 is 56.8 Å². The minimum Gasteiger partial charge on any atom is -0.417 e. The molecular weight excluding hydrogens is 598 g/mol. The molecule has 2 nitrogen and oxygen atoms in total. The van der Waals surface area contributed by atoms with Gasteiger partial charge in [-0.2, -0.15) is 70.2 Å². The van der Waals surface area contributed by atoms with Gasteiger partial charge in [0.1, 0.15) is 0 Å². The lowest BCUT2D eigenvalue weighted by atomic mass is 10.0. The second kappa shape index (κ2) is 8.03. The lowest BCUT2D eigenvalue weighted by Gasteiger charge is -2.39. The summed E-state index contributed by atoms with van der Waals surface area (Å²) in [5.74, 6) is -49.4. The molecule has 0 aromatic carbocycles. The Bertz CT molecular complexity index is 725. The molecule has 0 amide bonds. The van der Waals surface area contributed by atoms with E-state index in [-0.39, 0.29) is 0 Å². The third-order valence-electron chi connectivity index (χ3n) is 3.13. The zero-order chi connectivity index (χ0) is 26.8. The molecule has 0 rings (SSSR count). The Balaban J connectivity index is 6.36. The molecule has 0 aliphatic rings. The Morgan fingerprint density at radius 3 is 1.03 bits per heavy atom. The molecule has 0 aliphatic heterocycles. The standard InChI is InChI=1S/C10Cl4F16O2/c11-8(12,5(21,22)4(19,20)7(25,26)10(14,29)30)32-1(31)2(15,16)3(17,18)6(23,24)9(13,27)28. The molecule has 0 N–H and O–H groups in total. The van der Waals surface area contributed by atoms with Crippen molar-refractivity contribution in [3.8, 4) is 0 Å². The van der Waals surface area contributed by atoms with Crippen LogP contribution in [0.4, 0.5) is 70.2 Å². The van der Waals surface area contributed by atoms with E-state index in [0.29, 0.717) is 0 Å². The molecule has 32 heavy (non-hydrogen) atoms. The molecule has 0 radical (unpaired) electrons. The van der Waals surface area contributed by atoms with Gasteiger partial charge in [0.15, 0.2) is 0 Å². The van der Waals surface area contributed by atoms with E-state index < -0.39 is 56.8 Å². The first kappa shape index (κ1) is 31.5. The van der Waals surface area contributed by atoms with Gasteiger partial charge in [0.2, 0.25) is 0 Å². The van der Waals surface area contributed by atoms with Gasteiger partial charge in [-0.3, -0.25) is 0 Å². The Hall–Kier alpha value is -0.490. The number of hydrogen-bond acceptors (Lipinski definition) is 2. The van der Waals surface area contributed by atoms with E-state index in [2.05, 4.69) is 51.1 Å². The number of halogens is 20. The summed E-state index contributed by atoms with van der Waals surface area (Å²) < 4.78 is 204. The van der Waals surface area contributed by atoms with Crippen molar-refractivity contribution in [3.63, 3.8) is 0 Å². The van der Waals surface area contributed by atoms with Crippen LogP contribution >= 0.6 is 46.4 Å². The fourth-order valence-electron chi connectivity index (χ4n) is 1.31. The maximum absolute atomic E-state index is 13.6. The van der Waals surface area contributed by atoms with E-state index in [4.69, 9.17) is 0 Å². The highest BCUT2D eigenvalue weighted by Crippen LogP contribution is 2.60. The van der Waals surface area contributed by atoms with Crippen molar-refractivity contribution in [2.24, 2.45) is 0 Å². The van der Waals surface area contributed by atoms with E-state index in [1.165, 1.54) is 0 Å². The summed E-state index contributed by atoms with van der Waals surface area (Å²) in [7, 11) is 0. The van der Waals surface area contributed by atoms with Crippen molar-refractivity contribution >= 4 is 52.4 Å². The number of ether oxygens (including phenoxy) is 1. The Labute approximate surface area is 183 Å². The Kier molecular flexibility index (Phi) is 7.91. The average Bonchev–Trinajstić information content (AvgIpc) is 2.51. The zero-order valence-electron chi connectivity index (χ0n) is 13.4. The van der Waals surface area contributed by atoms with Gasteiger partial charge in [-0.1, -0.05) is 23.2 Å². The summed E-state index contributed by atoms with van der Waals surface area (Å²) in [5, 5.41) is -13.1. The highest BCUT2D eigenvalue weighted by molar-refractivity contribution is 6.48. The maximum atomic E-state index is 13.6. The van der Waals surface area contributed by atoms with Crippen molar-refractivity contribution in [3.05, 3.63) is 0 Å². The van der Waals surface area contributed by atoms with E-state index in [1.54, 1.807) is 0 Å². The van der Waals surface area contributed by atoms with Crippen LogP contribution < -0.4 is 0 Å². The molecule has 0 aliphatic carbocycles. The summed E-state index contributed by atoms with van der Waals surface area (Å²) in [5.41, 5.74) is 0. The first-order chi connectivity index (χ1) is 13.4. The molecule has 0 saturated heterocycles. The SMILES string of the molecule is O=C(OC(Cl)(Cl)C(F)(F)C(F)(F)C(F)(F)C(F)(F)Cl)C(F)(F)C(F)(F)C(F)(F)C(F)(F)Cl. The van der Waals surface area contributed by atoms with Crippen LogP contribution in [0.2, 0.25) is 0 Å². The topological polar surface area (TPSA) is 26.3 Å². The van der Waals surface area contributed by atoms with E-state index in [0.717, 1.165) is 0 Å². The van der Waals surface area contributed by atoms with Gasteiger partial charge in [-0.25, -0.2) is 4.79 Å². The number of rotatable bonds is 9. The van der Waals surface area contributed by atoms with Crippen molar-refractivity contribution in [2.45, 2.75) is 50.8 Å². The second-order valence-electron chi connectivity index (χ2n) is 5.35. The monoisotopic (exact) mass is 596 g/mol. The molecule has 0 atom stereocenters. The molecule has 0 heterocycles. The van der Waals surface area contributed by atoms with Crippen molar-refractivity contribution in [2.75, 3.05) is 0 Å². The summed E-state index contributed by atoms with van der Waals surface area (Å²) in [6, 6.07) is 0. The van der Waals surface area contributed by atoms with Crippen LogP contribution in [-0.2, 0) is 9.53 Å². The molecule has 0 aromatic rings. The zero-order valence-corrected chi connectivity index (χ0v) is 16.4. The van der Waals surface area contributed by atoms with Crippen LogP contribution in [0.15, 0.2) is 0 Å². The lowest BCUT2D eigenvalue weighted by Crippen LogP contribution is -2.68. The van der Waals surface area contributed by atoms with Crippen LogP contribution in [0.5, 0.6) is 0 Å². The Morgan fingerprint density at radius 1 is 0.469 bits per heavy atom. The van der Waals surface area contributed by atoms with Gasteiger partial charge in [-0.05, 0) is 23.2 Å². The van der Waals surface area contributed by atoms with Crippen molar-refractivity contribution in [1.29, 1.82) is 0 Å². The lowest BCUT2D eigenvalue weighted by molar-refractivity contribution is -0.367. The molecule has 0 aromatic heterocycles. The summed E-state index contributed by atoms with van der Waals surface area (Å²) >= 11 is 15.3. The second-order valence-corrected chi connectivity index (χ2v) is 7.56. The normalized spacial score (nSPS) is 16.2. The van der Waals surface area contributed by atoms with Crippen LogP contribution in [0, 0.1) is 0 Å². The predicted molar refractivity (Wildman–Crippen MR) is 71.8 cm³/mol. The highest BCUT2D eigenvalue weighted by Gasteiger charge is 2.87. The number of hydrogen-bond donors (Lipinski definition) is 0. The summed E-state index contributed by atoms with van der Waals surface area (Å²) in [6.07, 6.45) is 0. The molecule has 192 valence electrons. The molecule has 0 bridgehead atoms. The van der Waals surface area contributed by atoms with Crippen molar-refractivity contribution < 1.29 is 79.8 Å². The van der Waals surface area contributed by atoms with E-state index >= 15 is 0 Å². The van der Waals surface area contributed by atoms with E-state index in [9.17, 15) is 75.0 Å². The molecule has 0 saturated carbocycles. The van der Waals surface area contributed by atoms with Crippen LogP contribution in [0.1, 0.15) is 0 Å². The van der Waals surface area contributed by atoms with E-state index in [1.807, 2.05) is 0 Å². The van der Waals surface area contributed by atoms with Crippen LogP contribution in [-0.4, -0.2) is 56.8 Å². The molecular formula is C10Cl4F16O2. The van der Waals surface area contributed by atoms with Gasteiger partial charge in [0.05, 0.1) is 0 Å². The summed E-state index contributed by atoms with van der Waals surface area (Å²) in [6.45, 7) is 0. The molecule has 0 fully saturated rings. The predicted octanol–water partition coefficient (Wildman–Crippen LogP) is 7.14. The highest BCUT2D eigenvalue weighted by atomic mass is 35.5. The Morgan fingerprint density at radius 2 is 0.750 bits per heavy atom. The molecule has 22 heteroatoms. The van der Waals surface area contributed by atoms with Crippen molar-refractivity contribution in [1.82, 2.24) is 0 Å². The fourth-order valence-corrected chi connectivity index (χ4v) is 1.92. The summed E-state index contributed by atoms with van der Waals surface area (Å²) in [4.78, 5) is 10.9. The smallest absolute Gasteiger partial charge is 0.411 e. The van der Waals surface area contributed by atoms with Crippen LogP contribution in [0.3, 0.4) is 0 Å². The first-order valence-electron chi connectivity index (χ1n) is 6.39. The third kappa shape index (κ3) is 4.44. The average molecular weight is 598 g/mol. The molecule has 0 unspecified atom stereocenters. The minimum atomic E-state index is -7.67. The molecule has 0 spiro atoms. The van der Waals surface area contributed by atoms with Gasteiger partial charge in [-0.15, -0.1) is 0 Å². The largest absolute Gasteiger partial charge is 0.417 e. The first-order valence-corrected chi connectivity index (χ1v) is 7.90. The van der Waals surface area contributed by atoms with Gasteiger partial charge in [0, 0.05) is 0 Å². The van der Waals surface area contributed by atoms with Gasteiger partial charge < -0.3 is 4.74 Å². The quantitative estimate of drug-likeness (QED) is 0.161. The minimum absolute atomic E-state index is 2.35.